The van der Waals surface area contributed by atoms with Gasteiger partial charge in [-0.05, 0) is 19.9 Å². The molecule has 0 aliphatic rings. The van der Waals surface area contributed by atoms with Crippen molar-refractivity contribution >= 4 is 0 Å². The zero-order valence-corrected chi connectivity index (χ0v) is 11.3. The number of rotatable bonds is 10. The molecular formula is C13H28N2O. The van der Waals surface area contributed by atoms with E-state index in [-0.39, 0.29) is 0 Å². The monoisotopic (exact) mass is 228 g/mol. The molecule has 0 saturated heterocycles. The molecule has 0 radical (unpaired) electrons. The lowest BCUT2D eigenvalue weighted by Crippen LogP contribution is -2.38. The summed E-state index contributed by atoms with van der Waals surface area (Å²) in [7, 11) is 1.75. The molecule has 1 atom stereocenters. The van der Waals surface area contributed by atoms with Crippen LogP contribution in [0.1, 0.15) is 27.2 Å². The molecule has 3 heteroatoms. The van der Waals surface area contributed by atoms with Crippen molar-refractivity contribution in [2.24, 2.45) is 0 Å². The number of ether oxygens (including phenoxy) is 1. The molecule has 1 unspecified atom stereocenters. The molecular weight excluding hydrogens is 200 g/mol. The molecule has 96 valence electrons. The SMILES string of the molecule is C=CCN(CCOC)C(C)CCNC(C)C. The molecule has 0 aliphatic carbocycles. The molecule has 1 N–H and O–H groups in total. The lowest BCUT2D eigenvalue weighted by Gasteiger charge is -2.28. The van der Waals surface area contributed by atoms with Crippen molar-refractivity contribution in [2.75, 3.05) is 33.4 Å². The fourth-order valence-electron chi connectivity index (χ4n) is 1.63. The van der Waals surface area contributed by atoms with Crippen LogP contribution in [0.15, 0.2) is 12.7 Å². The number of nitrogens with zero attached hydrogens (tertiary/aromatic N) is 1. The average Bonchev–Trinajstić information content (AvgIpc) is 2.23. The summed E-state index contributed by atoms with van der Waals surface area (Å²) in [6, 6.07) is 1.14. The highest BCUT2D eigenvalue weighted by Crippen LogP contribution is 2.03. The topological polar surface area (TPSA) is 24.5 Å². The standard InChI is InChI=1S/C13H28N2O/c1-6-9-15(10-11-16-5)13(4)7-8-14-12(2)3/h6,12-14H,1,7-11H2,2-5H3. The van der Waals surface area contributed by atoms with Gasteiger partial charge in [-0.15, -0.1) is 6.58 Å². The van der Waals surface area contributed by atoms with Crippen LogP contribution in [-0.4, -0.2) is 50.3 Å². The Kier molecular flexibility index (Phi) is 9.59. The summed E-state index contributed by atoms with van der Waals surface area (Å²) in [5.74, 6) is 0. The van der Waals surface area contributed by atoms with Gasteiger partial charge in [-0.3, -0.25) is 4.90 Å². The van der Waals surface area contributed by atoms with Crippen LogP contribution in [0.5, 0.6) is 0 Å². The molecule has 0 spiro atoms. The first kappa shape index (κ1) is 15.6. The minimum atomic E-state index is 0.569. The van der Waals surface area contributed by atoms with E-state index in [0.29, 0.717) is 12.1 Å². The van der Waals surface area contributed by atoms with Crippen LogP contribution in [0, 0.1) is 0 Å². The number of methoxy groups -OCH3 is 1. The fourth-order valence-corrected chi connectivity index (χ4v) is 1.63. The molecule has 0 aliphatic heterocycles. The Balaban J connectivity index is 3.85. The second-order valence-corrected chi connectivity index (χ2v) is 4.52. The van der Waals surface area contributed by atoms with Gasteiger partial charge in [-0.25, -0.2) is 0 Å². The number of hydrogen-bond acceptors (Lipinski definition) is 3. The summed E-state index contributed by atoms with van der Waals surface area (Å²) in [5, 5.41) is 3.45. The highest BCUT2D eigenvalue weighted by Gasteiger charge is 2.11. The summed E-state index contributed by atoms with van der Waals surface area (Å²) in [5.41, 5.74) is 0. The van der Waals surface area contributed by atoms with Crippen LogP contribution in [0.4, 0.5) is 0 Å². The maximum Gasteiger partial charge on any atom is 0.0589 e. The molecule has 0 bridgehead atoms. The Bertz CT molecular complexity index is 171. The van der Waals surface area contributed by atoms with Crippen molar-refractivity contribution in [1.29, 1.82) is 0 Å². The van der Waals surface area contributed by atoms with E-state index in [4.69, 9.17) is 4.74 Å². The molecule has 0 heterocycles. The third-order valence-corrected chi connectivity index (χ3v) is 2.68. The lowest BCUT2D eigenvalue weighted by molar-refractivity contribution is 0.130. The normalized spacial score (nSPS) is 13.4. The minimum absolute atomic E-state index is 0.569. The van der Waals surface area contributed by atoms with Gasteiger partial charge in [0.25, 0.3) is 0 Å². The zero-order valence-electron chi connectivity index (χ0n) is 11.3. The van der Waals surface area contributed by atoms with E-state index < -0.39 is 0 Å². The fraction of sp³-hybridized carbons (Fsp3) is 0.846. The van der Waals surface area contributed by atoms with E-state index in [2.05, 4.69) is 37.6 Å². The van der Waals surface area contributed by atoms with E-state index in [1.165, 1.54) is 0 Å². The predicted octanol–water partition coefficient (Wildman–Crippen LogP) is 1.90. The molecule has 0 aromatic heterocycles. The molecule has 0 aromatic carbocycles. The molecule has 0 aromatic rings. The second-order valence-electron chi connectivity index (χ2n) is 4.52. The average molecular weight is 228 g/mol. The van der Waals surface area contributed by atoms with Crippen molar-refractivity contribution in [3.8, 4) is 0 Å². The van der Waals surface area contributed by atoms with Gasteiger partial charge >= 0.3 is 0 Å². The second kappa shape index (κ2) is 9.82. The van der Waals surface area contributed by atoms with Crippen LogP contribution in [-0.2, 0) is 4.74 Å². The maximum atomic E-state index is 5.12. The maximum absolute atomic E-state index is 5.12. The largest absolute Gasteiger partial charge is 0.383 e. The first-order valence-electron chi connectivity index (χ1n) is 6.19. The highest BCUT2D eigenvalue weighted by molar-refractivity contribution is 4.77. The van der Waals surface area contributed by atoms with Crippen LogP contribution < -0.4 is 5.32 Å². The van der Waals surface area contributed by atoms with Crippen LogP contribution in [0.3, 0.4) is 0 Å². The van der Waals surface area contributed by atoms with Gasteiger partial charge in [-0.2, -0.15) is 0 Å². The Hall–Kier alpha value is -0.380. The van der Waals surface area contributed by atoms with Crippen molar-refractivity contribution in [3.63, 3.8) is 0 Å². The third-order valence-electron chi connectivity index (χ3n) is 2.68. The van der Waals surface area contributed by atoms with Crippen LogP contribution in [0.2, 0.25) is 0 Å². The van der Waals surface area contributed by atoms with E-state index in [1.54, 1.807) is 7.11 Å². The van der Waals surface area contributed by atoms with E-state index in [1.807, 2.05) is 6.08 Å². The lowest BCUT2D eigenvalue weighted by atomic mass is 10.2. The molecule has 0 fully saturated rings. The van der Waals surface area contributed by atoms with Crippen molar-refractivity contribution in [2.45, 2.75) is 39.3 Å². The number of nitrogens with one attached hydrogen (secondary N) is 1. The Morgan fingerprint density at radius 2 is 2.06 bits per heavy atom. The van der Waals surface area contributed by atoms with Gasteiger partial charge in [0, 0.05) is 32.3 Å². The van der Waals surface area contributed by atoms with Gasteiger partial charge in [0.05, 0.1) is 6.61 Å². The summed E-state index contributed by atoms with van der Waals surface area (Å²) in [6.07, 6.45) is 3.12. The Morgan fingerprint density at radius 3 is 2.56 bits per heavy atom. The highest BCUT2D eigenvalue weighted by atomic mass is 16.5. The van der Waals surface area contributed by atoms with Gasteiger partial charge in [0.2, 0.25) is 0 Å². The van der Waals surface area contributed by atoms with E-state index in [0.717, 1.165) is 32.7 Å². The van der Waals surface area contributed by atoms with Gasteiger partial charge < -0.3 is 10.1 Å². The third kappa shape index (κ3) is 7.85. The summed E-state index contributed by atoms with van der Waals surface area (Å²) < 4.78 is 5.12. The molecule has 3 nitrogen and oxygen atoms in total. The zero-order chi connectivity index (χ0) is 12.4. The van der Waals surface area contributed by atoms with Crippen molar-refractivity contribution in [3.05, 3.63) is 12.7 Å². The molecule has 16 heavy (non-hydrogen) atoms. The first-order chi connectivity index (χ1) is 7.61. The van der Waals surface area contributed by atoms with Crippen LogP contribution >= 0.6 is 0 Å². The summed E-state index contributed by atoms with van der Waals surface area (Å²) >= 11 is 0. The van der Waals surface area contributed by atoms with Crippen molar-refractivity contribution in [1.82, 2.24) is 10.2 Å². The van der Waals surface area contributed by atoms with Crippen LogP contribution in [0.25, 0.3) is 0 Å². The predicted molar refractivity (Wildman–Crippen MR) is 70.9 cm³/mol. The number of hydrogen-bond donors (Lipinski definition) is 1. The molecule has 0 saturated carbocycles. The Labute approximate surface area is 101 Å². The summed E-state index contributed by atoms with van der Waals surface area (Å²) in [4.78, 5) is 2.40. The Morgan fingerprint density at radius 1 is 1.38 bits per heavy atom. The van der Waals surface area contributed by atoms with Crippen molar-refractivity contribution < 1.29 is 4.74 Å². The quantitative estimate of drug-likeness (QED) is 0.578. The molecule has 0 rings (SSSR count). The van der Waals surface area contributed by atoms with E-state index in [9.17, 15) is 0 Å². The van der Waals surface area contributed by atoms with E-state index >= 15 is 0 Å². The summed E-state index contributed by atoms with van der Waals surface area (Å²) in [6.45, 7) is 14.2. The minimum Gasteiger partial charge on any atom is -0.383 e. The molecule has 0 amide bonds. The van der Waals surface area contributed by atoms with Gasteiger partial charge in [-0.1, -0.05) is 19.9 Å². The van der Waals surface area contributed by atoms with Gasteiger partial charge in [0.15, 0.2) is 0 Å². The first-order valence-corrected chi connectivity index (χ1v) is 6.19. The van der Waals surface area contributed by atoms with Gasteiger partial charge in [0.1, 0.15) is 0 Å². The smallest absolute Gasteiger partial charge is 0.0589 e.